The highest BCUT2D eigenvalue weighted by molar-refractivity contribution is 8.02. The quantitative estimate of drug-likeness (QED) is 0.426. The van der Waals surface area contributed by atoms with Crippen LogP contribution in [0.4, 0.5) is 0 Å². The normalized spacial score (nSPS) is 31.4. The lowest BCUT2D eigenvalue weighted by atomic mass is 9.61. The number of esters is 1. The van der Waals surface area contributed by atoms with Gasteiger partial charge in [0.1, 0.15) is 11.1 Å². The summed E-state index contributed by atoms with van der Waals surface area (Å²) in [5.41, 5.74) is -2.45. The molecule has 2 aliphatic heterocycles. The maximum atomic E-state index is 14.1. The lowest BCUT2D eigenvalue weighted by Gasteiger charge is -2.52. The van der Waals surface area contributed by atoms with Crippen molar-refractivity contribution in [2.24, 2.45) is 5.92 Å². The van der Waals surface area contributed by atoms with Gasteiger partial charge in [-0.1, -0.05) is 36.4 Å². The van der Waals surface area contributed by atoms with E-state index in [4.69, 9.17) is 4.74 Å². The highest BCUT2D eigenvalue weighted by atomic mass is 32.2. The van der Waals surface area contributed by atoms with Crippen molar-refractivity contribution in [2.45, 2.75) is 46.9 Å². The number of hydrogen-bond acceptors (Lipinski definition) is 8. The standard InChI is InChI=1S/C28H30N2O6S2/c1-36-21(31)14-8-13-19-22-23(32)27(16-38-22,30-26(34)18-11-6-3-7-12-18)28(35)20(15-37-24(19)28)29-25(33)17-9-4-2-5-10-17/h2-7,9-12,19-20,22,24,35H,8,13-16H2,1H3,(H,29,33)(H,30,34)/t19-,20-,22-,24+,27-,28-/m1/s1. The molecular formula is C28H30N2O6S2. The molecule has 3 aliphatic rings. The zero-order chi connectivity index (χ0) is 26.9. The first-order valence-corrected chi connectivity index (χ1v) is 14.7. The molecule has 2 bridgehead atoms. The summed E-state index contributed by atoms with van der Waals surface area (Å²) in [6.45, 7) is 0. The number of carbonyl (C=O) groups excluding carboxylic acids is 4. The Balaban J connectivity index is 1.49. The van der Waals surface area contributed by atoms with E-state index in [-0.39, 0.29) is 35.8 Å². The van der Waals surface area contributed by atoms with Gasteiger partial charge in [0.25, 0.3) is 11.8 Å². The van der Waals surface area contributed by atoms with E-state index in [1.807, 2.05) is 6.07 Å². The predicted molar refractivity (Wildman–Crippen MR) is 146 cm³/mol. The lowest BCUT2D eigenvalue weighted by molar-refractivity contribution is -0.145. The fraction of sp³-hybridized carbons (Fsp3) is 0.429. The minimum Gasteiger partial charge on any atom is -0.469 e. The Morgan fingerprint density at radius 2 is 1.63 bits per heavy atom. The Morgan fingerprint density at radius 3 is 2.26 bits per heavy atom. The van der Waals surface area contributed by atoms with E-state index in [1.165, 1.54) is 30.6 Å². The number of thioether (sulfide) groups is 2. The van der Waals surface area contributed by atoms with Crippen molar-refractivity contribution in [3.05, 3.63) is 71.8 Å². The molecule has 2 aromatic carbocycles. The summed E-state index contributed by atoms with van der Waals surface area (Å²) in [5.74, 6) is -0.976. The average molecular weight is 555 g/mol. The number of nitrogens with one attached hydrogen (secondary N) is 2. The van der Waals surface area contributed by atoms with Crippen molar-refractivity contribution >= 4 is 47.1 Å². The molecule has 8 nitrogen and oxygen atoms in total. The van der Waals surface area contributed by atoms with Crippen molar-refractivity contribution in [3.8, 4) is 0 Å². The SMILES string of the molecule is COC(=O)CCC[C@@H]1[C@H]2SC[C@@](NC(=O)c3ccccc3)(C2=O)[C@@]2(O)[C@H](NC(=O)c3ccccc3)CS[C@@H]12. The van der Waals surface area contributed by atoms with Crippen LogP contribution in [-0.2, 0) is 14.3 Å². The molecule has 1 aliphatic carbocycles. The number of ether oxygens (including phenoxy) is 1. The maximum Gasteiger partial charge on any atom is 0.305 e. The molecule has 1 saturated carbocycles. The second-order valence-corrected chi connectivity index (χ2v) is 12.2. The van der Waals surface area contributed by atoms with Crippen LogP contribution in [0.5, 0.6) is 0 Å². The zero-order valence-electron chi connectivity index (χ0n) is 20.9. The van der Waals surface area contributed by atoms with Crippen LogP contribution in [0.2, 0.25) is 0 Å². The van der Waals surface area contributed by atoms with Crippen LogP contribution in [0.3, 0.4) is 0 Å². The monoisotopic (exact) mass is 554 g/mol. The molecule has 5 rings (SSSR count). The van der Waals surface area contributed by atoms with E-state index in [0.717, 1.165) is 0 Å². The summed E-state index contributed by atoms with van der Waals surface area (Å²) in [6.07, 6.45) is 1.28. The number of amides is 2. The van der Waals surface area contributed by atoms with Crippen LogP contribution < -0.4 is 10.6 Å². The summed E-state index contributed by atoms with van der Waals surface area (Å²) in [5, 5.41) is 17.7. The van der Waals surface area contributed by atoms with E-state index >= 15 is 0 Å². The Labute approximate surface area is 229 Å². The molecule has 0 radical (unpaired) electrons. The van der Waals surface area contributed by atoms with Gasteiger partial charge in [-0.3, -0.25) is 19.2 Å². The first-order valence-electron chi connectivity index (χ1n) is 12.6. The molecule has 200 valence electrons. The lowest BCUT2D eigenvalue weighted by Crippen LogP contribution is -2.80. The average Bonchev–Trinajstić information content (AvgIpc) is 3.42. The minimum absolute atomic E-state index is 0.202. The molecule has 2 amide bonds. The summed E-state index contributed by atoms with van der Waals surface area (Å²) >= 11 is 2.95. The zero-order valence-corrected chi connectivity index (χ0v) is 22.6. The van der Waals surface area contributed by atoms with Gasteiger partial charge >= 0.3 is 5.97 Å². The molecule has 2 heterocycles. The summed E-state index contributed by atoms with van der Waals surface area (Å²) in [6, 6.07) is 16.5. The van der Waals surface area contributed by atoms with Crippen molar-refractivity contribution in [1.82, 2.24) is 10.6 Å². The number of hydrogen-bond donors (Lipinski definition) is 3. The summed E-state index contributed by atoms with van der Waals surface area (Å²) < 4.78 is 4.77. The largest absolute Gasteiger partial charge is 0.469 e. The fourth-order valence-electron chi connectivity index (χ4n) is 5.96. The molecule has 38 heavy (non-hydrogen) atoms. The van der Waals surface area contributed by atoms with Gasteiger partial charge in [-0.15, -0.1) is 11.8 Å². The Morgan fingerprint density at radius 1 is 1.00 bits per heavy atom. The van der Waals surface area contributed by atoms with Gasteiger partial charge in [0.15, 0.2) is 5.78 Å². The highest BCUT2D eigenvalue weighted by Gasteiger charge is 2.75. The van der Waals surface area contributed by atoms with Crippen LogP contribution in [0.15, 0.2) is 60.7 Å². The van der Waals surface area contributed by atoms with Gasteiger partial charge in [-0.25, -0.2) is 0 Å². The Kier molecular flexibility index (Phi) is 7.57. The molecule has 10 heteroatoms. The first kappa shape index (κ1) is 26.8. The molecule has 3 N–H and O–H groups in total. The maximum absolute atomic E-state index is 14.1. The minimum atomic E-state index is -1.72. The van der Waals surface area contributed by atoms with Crippen molar-refractivity contribution < 1.29 is 29.0 Å². The number of Topliss-reactive ketones (excluding diaryl/α,β-unsaturated/α-hetero) is 1. The predicted octanol–water partition coefficient (Wildman–Crippen LogP) is 2.46. The molecule has 0 spiro atoms. The van der Waals surface area contributed by atoms with Crippen molar-refractivity contribution in [1.29, 1.82) is 0 Å². The van der Waals surface area contributed by atoms with Gasteiger partial charge in [0.2, 0.25) is 0 Å². The van der Waals surface area contributed by atoms with E-state index < -0.39 is 33.6 Å². The first-order chi connectivity index (χ1) is 18.3. The molecule has 6 atom stereocenters. The summed E-state index contributed by atoms with van der Waals surface area (Å²) in [4.78, 5) is 52.3. The third-order valence-electron chi connectivity index (χ3n) is 7.88. The smallest absolute Gasteiger partial charge is 0.305 e. The van der Waals surface area contributed by atoms with Gasteiger partial charge in [0.05, 0.1) is 18.4 Å². The number of carbonyl (C=O) groups is 4. The number of aliphatic hydroxyl groups is 1. The Bertz CT molecular complexity index is 1230. The molecule has 3 fully saturated rings. The summed E-state index contributed by atoms with van der Waals surface area (Å²) in [7, 11) is 1.34. The van der Waals surface area contributed by atoms with Crippen molar-refractivity contribution in [2.75, 3.05) is 18.6 Å². The van der Waals surface area contributed by atoms with Crippen LogP contribution in [0.25, 0.3) is 0 Å². The third-order valence-corrected chi connectivity index (χ3v) is 11.0. The molecule has 2 aromatic rings. The van der Waals surface area contributed by atoms with Gasteiger partial charge < -0.3 is 20.5 Å². The van der Waals surface area contributed by atoms with Crippen LogP contribution in [-0.4, -0.2) is 75.0 Å². The van der Waals surface area contributed by atoms with Gasteiger partial charge in [-0.05, 0) is 43.0 Å². The van der Waals surface area contributed by atoms with Crippen LogP contribution in [0, 0.1) is 5.92 Å². The number of rotatable bonds is 8. The van der Waals surface area contributed by atoms with Gasteiger partial charge in [0, 0.05) is 34.3 Å². The second-order valence-electron chi connectivity index (χ2n) is 9.92. The topological polar surface area (TPSA) is 122 Å². The van der Waals surface area contributed by atoms with Crippen LogP contribution >= 0.6 is 23.5 Å². The highest BCUT2D eigenvalue weighted by Crippen LogP contribution is 2.59. The molecule has 2 saturated heterocycles. The number of fused-ring (bicyclic) bond motifs is 4. The van der Waals surface area contributed by atoms with Gasteiger partial charge in [-0.2, -0.15) is 11.8 Å². The van der Waals surface area contributed by atoms with E-state index in [1.54, 1.807) is 54.6 Å². The number of ketones is 1. The third kappa shape index (κ3) is 4.42. The molecular weight excluding hydrogens is 524 g/mol. The molecule has 0 unspecified atom stereocenters. The van der Waals surface area contributed by atoms with E-state index in [0.29, 0.717) is 29.7 Å². The van der Waals surface area contributed by atoms with Crippen LogP contribution in [0.1, 0.15) is 40.0 Å². The van der Waals surface area contributed by atoms with Crippen molar-refractivity contribution in [3.63, 3.8) is 0 Å². The molecule has 0 aromatic heterocycles. The fourth-order valence-corrected chi connectivity index (χ4v) is 9.72. The number of benzene rings is 2. The Hall–Kier alpha value is -2.82. The number of methoxy groups -OCH3 is 1. The van der Waals surface area contributed by atoms with E-state index in [2.05, 4.69) is 10.6 Å². The van der Waals surface area contributed by atoms with E-state index in [9.17, 15) is 24.3 Å². The second kappa shape index (κ2) is 10.7.